The van der Waals surface area contributed by atoms with Crippen molar-refractivity contribution in [1.82, 2.24) is 4.72 Å². The minimum atomic E-state index is -4.59. The van der Waals surface area contributed by atoms with Crippen molar-refractivity contribution in [2.24, 2.45) is 17.8 Å². The summed E-state index contributed by atoms with van der Waals surface area (Å²) in [5.74, 6) is 0.661. The molecule has 4 atom stereocenters. The molecule has 1 heterocycles. The Bertz CT molecular complexity index is 890. The van der Waals surface area contributed by atoms with E-state index in [-0.39, 0.29) is 17.8 Å². The van der Waals surface area contributed by atoms with Gasteiger partial charge in [0.1, 0.15) is 0 Å². The summed E-state index contributed by atoms with van der Waals surface area (Å²) in [5.41, 5.74) is -0.845. The molecule has 0 spiro atoms. The van der Waals surface area contributed by atoms with Crippen molar-refractivity contribution in [1.29, 1.82) is 5.26 Å². The highest BCUT2D eigenvalue weighted by Crippen LogP contribution is 2.64. The maximum atomic E-state index is 13.2. The van der Waals surface area contributed by atoms with Gasteiger partial charge in [-0.2, -0.15) is 18.4 Å². The smallest absolute Gasteiger partial charge is 0.214 e. The first-order valence-corrected chi connectivity index (χ1v) is 9.54. The monoisotopic (exact) mass is 369 g/mol. The molecule has 1 radical (unpaired) electrons. The zero-order valence-corrected chi connectivity index (χ0v) is 14.2. The molecule has 4 rings (SSSR count). The second-order valence-electron chi connectivity index (χ2n) is 7.28. The highest BCUT2D eigenvalue weighted by molar-refractivity contribution is 7.91. The van der Waals surface area contributed by atoms with Crippen LogP contribution in [0.4, 0.5) is 13.2 Å². The molecule has 3 aliphatic rings. The van der Waals surface area contributed by atoms with Crippen molar-refractivity contribution in [2.45, 2.75) is 30.7 Å². The van der Waals surface area contributed by atoms with Crippen molar-refractivity contribution >= 4 is 10.0 Å². The van der Waals surface area contributed by atoms with Crippen LogP contribution in [0.1, 0.15) is 36.5 Å². The average molecular weight is 369 g/mol. The minimum Gasteiger partial charge on any atom is -0.214 e. The molecule has 0 aromatic heterocycles. The molecule has 1 N–H and O–H groups in total. The van der Waals surface area contributed by atoms with E-state index in [1.807, 2.05) is 0 Å². The highest BCUT2D eigenvalue weighted by atomic mass is 32.2. The summed E-state index contributed by atoms with van der Waals surface area (Å²) in [6.07, 6.45) is -3.41. The number of sulfonamides is 1. The molecule has 4 nitrogen and oxygen atoms in total. The maximum Gasteiger partial charge on any atom is 0.417 e. The summed E-state index contributed by atoms with van der Waals surface area (Å²) in [7, 11) is -3.39. The molecule has 133 valence electrons. The lowest BCUT2D eigenvalue weighted by atomic mass is 9.71. The summed E-state index contributed by atoms with van der Waals surface area (Å²) in [5, 5.41) is 8.93. The summed E-state index contributed by atoms with van der Waals surface area (Å²) >= 11 is 0. The van der Waals surface area contributed by atoms with Crippen LogP contribution in [0.25, 0.3) is 0 Å². The Kier molecular flexibility index (Phi) is 3.36. The van der Waals surface area contributed by atoms with Crippen LogP contribution >= 0.6 is 0 Å². The summed E-state index contributed by atoms with van der Waals surface area (Å²) < 4.78 is 66.1. The maximum absolute atomic E-state index is 13.2. The number of fused-ring (bicyclic) bond motifs is 5. The van der Waals surface area contributed by atoms with E-state index in [0.717, 1.165) is 12.0 Å². The lowest BCUT2D eigenvalue weighted by molar-refractivity contribution is -0.137. The van der Waals surface area contributed by atoms with E-state index in [0.29, 0.717) is 24.9 Å². The predicted octanol–water partition coefficient (Wildman–Crippen LogP) is 2.85. The Morgan fingerprint density at radius 2 is 2.08 bits per heavy atom. The first kappa shape index (κ1) is 16.9. The normalized spacial score (nSPS) is 36.4. The summed E-state index contributed by atoms with van der Waals surface area (Å²) in [4.78, 5) is 0. The van der Waals surface area contributed by atoms with E-state index in [2.05, 4.69) is 4.72 Å². The Morgan fingerprint density at radius 3 is 2.72 bits per heavy atom. The number of benzene rings is 1. The van der Waals surface area contributed by atoms with Gasteiger partial charge in [0.2, 0.25) is 10.0 Å². The molecular weight excluding hydrogens is 353 g/mol. The summed E-state index contributed by atoms with van der Waals surface area (Å²) in [6.45, 7) is 2.10. The lowest BCUT2D eigenvalue weighted by Crippen LogP contribution is -2.45. The zero-order valence-electron chi connectivity index (χ0n) is 13.4. The fraction of sp³-hybridized carbons (Fsp3) is 0.529. The Labute approximate surface area is 144 Å². The first-order valence-electron chi connectivity index (χ1n) is 8.06. The van der Waals surface area contributed by atoms with Crippen LogP contribution < -0.4 is 4.72 Å². The van der Waals surface area contributed by atoms with Gasteiger partial charge in [-0.3, -0.25) is 0 Å². The molecule has 0 amide bonds. The average Bonchev–Trinajstić information content (AvgIpc) is 3.15. The van der Waals surface area contributed by atoms with E-state index in [1.54, 1.807) is 19.1 Å². The van der Waals surface area contributed by atoms with Crippen molar-refractivity contribution < 1.29 is 21.6 Å². The van der Waals surface area contributed by atoms with Gasteiger partial charge < -0.3 is 0 Å². The first-order chi connectivity index (χ1) is 11.6. The molecule has 8 heteroatoms. The molecule has 1 aromatic rings. The molecule has 1 aromatic carbocycles. The molecular formula is C17H16F3N2O2S. The fourth-order valence-electron chi connectivity index (χ4n) is 5.02. The third-order valence-corrected chi connectivity index (χ3v) is 8.71. The Balaban J connectivity index is 1.72. The standard InChI is InChI=1S/C17H16F3N2O2S/c1-16-11-5-12(13(6-11)15(16)8-22-25(16,23)24)9-2-3-10(7-21)14(4-9)17(18,19)20/h2-4,11,13,15,22H,5-6,8H2,1H3/t11-,13-,15-,16+/m0/s1. The SMILES string of the molecule is C[C@@]12[C@H]3C[C](c4ccc(C#N)c(C(F)(F)F)c4)[C@H](C3)[C@@H]1CNS2(=O)=O. The van der Waals surface area contributed by atoms with E-state index < -0.39 is 32.1 Å². The number of alkyl halides is 3. The van der Waals surface area contributed by atoms with Crippen molar-refractivity contribution in [3.05, 3.63) is 40.8 Å². The Morgan fingerprint density at radius 1 is 1.36 bits per heavy atom. The van der Waals surface area contributed by atoms with Crippen molar-refractivity contribution in [2.75, 3.05) is 6.54 Å². The fourth-order valence-corrected chi connectivity index (χ4v) is 7.00. The zero-order chi connectivity index (χ0) is 18.2. The molecule has 1 saturated heterocycles. The molecule has 2 bridgehead atoms. The van der Waals surface area contributed by atoms with Crippen LogP contribution in [0.5, 0.6) is 0 Å². The van der Waals surface area contributed by atoms with Crippen molar-refractivity contribution in [3.63, 3.8) is 0 Å². The second-order valence-corrected chi connectivity index (χ2v) is 9.46. The molecule has 0 unspecified atom stereocenters. The number of nitrogens with one attached hydrogen (secondary N) is 1. The highest BCUT2D eigenvalue weighted by Gasteiger charge is 2.68. The topological polar surface area (TPSA) is 70.0 Å². The number of nitriles is 1. The van der Waals surface area contributed by atoms with Gasteiger partial charge in [0, 0.05) is 12.5 Å². The molecule has 25 heavy (non-hydrogen) atoms. The van der Waals surface area contributed by atoms with E-state index in [4.69, 9.17) is 5.26 Å². The number of hydrogen-bond donors (Lipinski definition) is 1. The van der Waals surface area contributed by atoms with Crippen LogP contribution in [0.15, 0.2) is 18.2 Å². The number of halogens is 3. The van der Waals surface area contributed by atoms with Gasteiger partial charge in [-0.25, -0.2) is 13.1 Å². The largest absolute Gasteiger partial charge is 0.417 e. The van der Waals surface area contributed by atoms with E-state index in [9.17, 15) is 21.6 Å². The summed E-state index contributed by atoms with van der Waals surface area (Å²) in [6, 6.07) is 5.40. The number of rotatable bonds is 1. The second kappa shape index (κ2) is 4.98. The van der Waals surface area contributed by atoms with Gasteiger partial charge in [0.05, 0.1) is 21.9 Å². The van der Waals surface area contributed by atoms with Gasteiger partial charge in [-0.05, 0) is 55.2 Å². The number of nitrogens with zero attached hydrogens (tertiary/aromatic N) is 1. The number of hydrogen-bond acceptors (Lipinski definition) is 3. The molecule has 3 fully saturated rings. The van der Waals surface area contributed by atoms with Crippen LogP contribution in [0.2, 0.25) is 0 Å². The van der Waals surface area contributed by atoms with Gasteiger partial charge in [0.25, 0.3) is 0 Å². The van der Waals surface area contributed by atoms with E-state index in [1.165, 1.54) is 6.07 Å². The third kappa shape index (κ3) is 2.12. The molecule has 2 aliphatic carbocycles. The Hall–Kier alpha value is -1.59. The van der Waals surface area contributed by atoms with E-state index >= 15 is 0 Å². The lowest BCUT2D eigenvalue weighted by Gasteiger charge is -2.37. The molecule has 2 saturated carbocycles. The van der Waals surface area contributed by atoms with Crippen LogP contribution in [0.3, 0.4) is 0 Å². The van der Waals surface area contributed by atoms with Crippen molar-refractivity contribution in [3.8, 4) is 6.07 Å². The van der Waals surface area contributed by atoms with Gasteiger partial charge in [0.15, 0.2) is 0 Å². The quantitative estimate of drug-likeness (QED) is 0.828. The van der Waals surface area contributed by atoms with Gasteiger partial charge >= 0.3 is 6.18 Å². The third-order valence-electron chi connectivity index (χ3n) is 6.37. The van der Waals surface area contributed by atoms with Crippen LogP contribution in [-0.2, 0) is 16.2 Å². The van der Waals surface area contributed by atoms with Gasteiger partial charge in [-0.1, -0.05) is 6.07 Å². The predicted molar refractivity (Wildman–Crippen MR) is 83.5 cm³/mol. The van der Waals surface area contributed by atoms with Crippen LogP contribution in [-0.4, -0.2) is 19.7 Å². The van der Waals surface area contributed by atoms with Crippen LogP contribution in [0, 0.1) is 35.0 Å². The minimum absolute atomic E-state index is 0.0335. The van der Waals surface area contributed by atoms with Gasteiger partial charge in [-0.15, -0.1) is 0 Å². The molecule has 1 aliphatic heterocycles.